The molecule has 4 bridgehead atoms. The Morgan fingerprint density at radius 3 is 1.70 bits per heavy atom. The van der Waals surface area contributed by atoms with Crippen LogP contribution in [0.3, 0.4) is 0 Å². The van der Waals surface area contributed by atoms with Crippen LogP contribution in [0.4, 0.5) is 8.78 Å². The highest BCUT2D eigenvalue weighted by atomic mass is 35.6. The highest BCUT2D eigenvalue weighted by Gasteiger charge is 2.42. The molecule has 64 heavy (non-hydrogen) atoms. The molecule has 6 aliphatic heterocycles. The molecule has 4 saturated heterocycles. The van der Waals surface area contributed by atoms with E-state index in [4.69, 9.17) is 44.3 Å². The molecule has 6 aliphatic rings. The number of benzene rings is 4. The number of carbonyl (C=O) groups is 2. The van der Waals surface area contributed by atoms with E-state index in [0.717, 1.165) is 59.3 Å². The second-order valence-corrected chi connectivity index (χ2v) is 19.5. The van der Waals surface area contributed by atoms with Crippen LogP contribution in [0.5, 0.6) is 23.0 Å². The highest BCUT2D eigenvalue weighted by molar-refractivity contribution is 6.63. The zero-order valence-corrected chi connectivity index (χ0v) is 39.1. The van der Waals surface area contributed by atoms with Crippen LogP contribution in [0.15, 0.2) is 78.4 Å². The van der Waals surface area contributed by atoms with E-state index in [-0.39, 0.29) is 29.4 Å². The molecule has 0 aliphatic carbocycles. The van der Waals surface area contributed by atoms with Crippen molar-refractivity contribution in [3.05, 3.63) is 123 Å². The van der Waals surface area contributed by atoms with E-state index < -0.39 is 4.30 Å². The first kappa shape index (κ1) is 46.3. The van der Waals surface area contributed by atoms with Gasteiger partial charge in [-0.2, -0.15) is 0 Å². The Bertz CT molecular complexity index is 2380. The number of hydrogen-bond donors (Lipinski definition) is 2. The second kappa shape index (κ2) is 20.1. The van der Waals surface area contributed by atoms with E-state index in [0.29, 0.717) is 84.6 Å². The Labute approximate surface area is 390 Å². The van der Waals surface area contributed by atoms with Crippen LogP contribution in [0.25, 0.3) is 5.57 Å². The highest BCUT2D eigenvalue weighted by Crippen LogP contribution is 2.52. The summed E-state index contributed by atoms with van der Waals surface area (Å²) >= 11 is 14.4. The summed E-state index contributed by atoms with van der Waals surface area (Å²) in [6.45, 7) is 10.6. The third-order valence-corrected chi connectivity index (χ3v) is 13.8. The molecule has 4 aromatic rings. The molecule has 13 heteroatoms. The number of fused-ring (bicyclic) bond motifs is 8. The number of halogens is 5. The maximum absolute atomic E-state index is 14.2. The van der Waals surface area contributed by atoms with Crippen molar-refractivity contribution < 1.29 is 27.8 Å². The number of hydrogen-bond acceptors (Lipinski definition) is 6. The zero-order chi connectivity index (χ0) is 45.2. The topological polar surface area (TPSA) is 83.1 Å². The van der Waals surface area contributed by atoms with E-state index in [9.17, 15) is 18.4 Å². The molecule has 6 heterocycles. The molecule has 10 rings (SSSR count). The van der Waals surface area contributed by atoms with Gasteiger partial charge >= 0.3 is 0 Å². The molecule has 5 unspecified atom stereocenters. The molecule has 0 saturated carbocycles. The Morgan fingerprint density at radius 2 is 1.11 bits per heavy atom. The zero-order valence-electron chi connectivity index (χ0n) is 36.9. The summed E-state index contributed by atoms with van der Waals surface area (Å²) in [5.41, 5.74) is 7.52. The minimum absolute atomic E-state index is 0.00502. The van der Waals surface area contributed by atoms with Crippen molar-refractivity contribution in [1.82, 2.24) is 20.4 Å². The molecule has 2 N–H and O–H groups in total. The number of alkyl halides is 3. The van der Waals surface area contributed by atoms with Gasteiger partial charge in [0.2, 0.25) is 0 Å². The Kier molecular flexibility index (Phi) is 14.6. The van der Waals surface area contributed by atoms with Crippen LogP contribution < -0.4 is 20.1 Å². The molecule has 4 fully saturated rings. The average Bonchev–Trinajstić information content (AvgIpc) is 3.81. The van der Waals surface area contributed by atoms with Gasteiger partial charge in [0.15, 0.2) is 4.30 Å². The fourth-order valence-electron chi connectivity index (χ4n) is 10.9. The van der Waals surface area contributed by atoms with Crippen LogP contribution in [-0.2, 0) is 0 Å². The van der Waals surface area contributed by atoms with Gasteiger partial charge in [-0.25, -0.2) is 8.78 Å². The second-order valence-electron chi connectivity index (χ2n) is 17.6. The van der Waals surface area contributed by atoms with Crippen molar-refractivity contribution in [3.63, 3.8) is 0 Å². The quantitative estimate of drug-likeness (QED) is 0.158. The SMILES string of the molecule is CCN(CC)C(=O)c1ccc2c(c1)Oc1ccc(F)cc1C2=C1CC2CCC(C1)N2.CCN(CC)C(=O)c1ccc2c(c1)Oc1ccc(F)cc1C2C1CC2CCC(C1)N2.ClC(Cl)Cl. The Hall–Kier alpha value is -4.19. The summed E-state index contributed by atoms with van der Waals surface area (Å²) in [5.74, 6) is 2.87. The maximum atomic E-state index is 14.2. The summed E-state index contributed by atoms with van der Waals surface area (Å²) in [4.78, 5) is 29.4. The van der Waals surface area contributed by atoms with Crippen LogP contribution in [-0.4, -0.2) is 76.3 Å². The predicted molar refractivity (Wildman–Crippen MR) is 251 cm³/mol. The minimum Gasteiger partial charge on any atom is -0.457 e. The standard InChI is InChI=1S/C25H29FN2O2.C25H27FN2O2.CHCl3/c2*1-3-28(4-2)25(29)15-5-9-20-23(13-15)30-22-10-6-17(26)14-21(22)24(20)16-11-18-7-8-19(12-16)27-18;2-1(3)4/h5-6,9-10,13-14,16,18-19,24,27H,3-4,7-8,11-12H2,1-2H3;5-6,9-10,13-14,18-19,27H,3-4,7-8,11-12H2,1-2H3;1H. The van der Waals surface area contributed by atoms with Gasteiger partial charge < -0.3 is 29.9 Å². The van der Waals surface area contributed by atoms with E-state index in [1.807, 2.05) is 69.0 Å². The summed E-state index contributed by atoms with van der Waals surface area (Å²) in [7, 11) is 0. The normalized spacial score (nSPS) is 23.2. The molecular formula is C51H57Cl3F2N4O4. The van der Waals surface area contributed by atoms with E-state index >= 15 is 0 Å². The summed E-state index contributed by atoms with van der Waals surface area (Å²) in [6, 6.07) is 23.2. The molecule has 0 radical (unpaired) electrons. The summed E-state index contributed by atoms with van der Waals surface area (Å²) in [5, 5.41) is 7.39. The lowest BCUT2D eigenvalue weighted by molar-refractivity contribution is 0.0765. The Morgan fingerprint density at radius 1 is 0.609 bits per heavy atom. The van der Waals surface area contributed by atoms with Gasteiger partial charge in [-0.15, -0.1) is 0 Å². The third-order valence-electron chi connectivity index (χ3n) is 13.8. The van der Waals surface area contributed by atoms with Crippen LogP contribution in [0.2, 0.25) is 0 Å². The van der Waals surface area contributed by atoms with Gasteiger partial charge in [-0.3, -0.25) is 9.59 Å². The molecule has 0 spiro atoms. The van der Waals surface area contributed by atoms with E-state index in [1.165, 1.54) is 43.4 Å². The lowest BCUT2D eigenvalue weighted by atomic mass is 9.73. The van der Waals surface area contributed by atoms with Gasteiger partial charge in [0, 0.05) is 89.6 Å². The van der Waals surface area contributed by atoms with Crippen molar-refractivity contribution in [2.45, 2.75) is 113 Å². The monoisotopic (exact) mass is 932 g/mol. The van der Waals surface area contributed by atoms with E-state index in [1.54, 1.807) is 29.2 Å². The summed E-state index contributed by atoms with van der Waals surface area (Å²) < 4.78 is 40.0. The lowest BCUT2D eigenvalue weighted by Crippen LogP contribution is -2.40. The number of piperidine rings is 2. The molecular weight excluding hydrogens is 877 g/mol. The van der Waals surface area contributed by atoms with Crippen LogP contribution in [0, 0.1) is 17.6 Å². The minimum atomic E-state index is -0.750. The number of ether oxygens (including phenoxy) is 2. The predicted octanol–water partition coefficient (Wildman–Crippen LogP) is 12.2. The van der Waals surface area contributed by atoms with Crippen molar-refractivity contribution >= 4 is 52.2 Å². The van der Waals surface area contributed by atoms with Gasteiger partial charge in [-0.05, 0) is 157 Å². The summed E-state index contributed by atoms with van der Waals surface area (Å²) in [6.07, 6.45) is 8.97. The first-order valence-electron chi connectivity index (χ1n) is 22.9. The van der Waals surface area contributed by atoms with Gasteiger partial charge in [-0.1, -0.05) is 46.4 Å². The first-order chi connectivity index (χ1) is 30.9. The maximum Gasteiger partial charge on any atom is 0.253 e. The Balaban J connectivity index is 0.000000162. The van der Waals surface area contributed by atoms with Gasteiger partial charge in [0.05, 0.1) is 0 Å². The van der Waals surface area contributed by atoms with Crippen molar-refractivity contribution in [2.24, 2.45) is 5.92 Å². The molecule has 340 valence electrons. The van der Waals surface area contributed by atoms with Crippen LogP contribution in [0.1, 0.15) is 128 Å². The van der Waals surface area contributed by atoms with Gasteiger partial charge in [0.25, 0.3) is 11.8 Å². The third kappa shape index (κ3) is 9.82. The average molecular weight is 934 g/mol. The molecule has 2 amide bonds. The van der Waals surface area contributed by atoms with Crippen molar-refractivity contribution in [2.75, 3.05) is 26.2 Å². The number of carbonyl (C=O) groups excluding carboxylic acids is 2. The fraction of sp³-hybridized carbons (Fsp3) is 0.451. The number of rotatable bonds is 7. The number of nitrogens with zero attached hydrogens (tertiary/aromatic N) is 2. The number of amides is 2. The lowest BCUT2D eigenvalue weighted by Gasteiger charge is -2.38. The first-order valence-corrected chi connectivity index (χ1v) is 24.2. The molecule has 0 aromatic heterocycles. The van der Waals surface area contributed by atoms with Crippen LogP contribution >= 0.6 is 34.8 Å². The molecule has 8 nitrogen and oxygen atoms in total. The fourth-order valence-corrected chi connectivity index (χ4v) is 10.9. The van der Waals surface area contributed by atoms with Gasteiger partial charge in [0.1, 0.15) is 34.6 Å². The largest absolute Gasteiger partial charge is 0.457 e. The number of nitrogens with one attached hydrogen (secondary N) is 2. The molecule has 4 aromatic carbocycles. The molecule has 5 atom stereocenters. The van der Waals surface area contributed by atoms with Crippen molar-refractivity contribution in [1.29, 1.82) is 0 Å². The van der Waals surface area contributed by atoms with E-state index in [2.05, 4.69) is 10.6 Å². The van der Waals surface area contributed by atoms with Crippen molar-refractivity contribution in [3.8, 4) is 23.0 Å². The smallest absolute Gasteiger partial charge is 0.253 e.